The van der Waals surface area contributed by atoms with Gasteiger partial charge in [-0.1, -0.05) is 6.08 Å². The van der Waals surface area contributed by atoms with Crippen LogP contribution in [0.1, 0.15) is 6.42 Å². The lowest BCUT2D eigenvalue weighted by Gasteiger charge is -1.86. The summed E-state index contributed by atoms with van der Waals surface area (Å²) >= 11 is 0. The standard InChI is InChI=1S/C4H8BN/c1-2-3-4-6-5/h2,6H,1,3-4H2. The van der Waals surface area contributed by atoms with Crippen LogP contribution in [0.2, 0.25) is 0 Å². The van der Waals surface area contributed by atoms with E-state index >= 15 is 0 Å². The Labute approximate surface area is 39.9 Å². The van der Waals surface area contributed by atoms with E-state index in [-0.39, 0.29) is 0 Å². The van der Waals surface area contributed by atoms with Gasteiger partial charge < -0.3 is 5.23 Å². The van der Waals surface area contributed by atoms with E-state index in [1.54, 1.807) is 0 Å². The minimum atomic E-state index is 0.823. The molecule has 0 unspecified atom stereocenters. The molecule has 0 rings (SSSR count). The molecule has 0 aliphatic rings. The van der Waals surface area contributed by atoms with Crippen LogP contribution in [0.15, 0.2) is 12.7 Å². The van der Waals surface area contributed by atoms with Crippen LogP contribution in [-0.4, -0.2) is 14.5 Å². The van der Waals surface area contributed by atoms with E-state index < -0.39 is 0 Å². The smallest absolute Gasteiger partial charge is 0.177 e. The summed E-state index contributed by atoms with van der Waals surface area (Å²) in [4.78, 5) is 0. The van der Waals surface area contributed by atoms with Crippen LogP contribution in [0, 0.1) is 0 Å². The zero-order valence-electron chi connectivity index (χ0n) is 3.78. The van der Waals surface area contributed by atoms with Crippen LogP contribution in [0.5, 0.6) is 0 Å². The fourth-order valence-electron chi connectivity index (χ4n) is 0.185. The lowest BCUT2D eigenvalue weighted by atomic mass is 10.3. The summed E-state index contributed by atoms with van der Waals surface area (Å²) in [7, 11) is 4.92. The van der Waals surface area contributed by atoms with Gasteiger partial charge in [-0.25, -0.2) is 0 Å². The summed E-state index contributed by atoms with van der Waals surface area (Å²) in [6, 6.07) is 0. The highest BCUT2D eigenvalue weighted by atomic mass is 14.7. The fraction of sp³-hybridized carbons (Fsp3) is 0.500. The zero-order chi connectivity index (χ0) is 4.83. The molecule has 0 aromatic carbocycles. The van der Waals surface area contributed by atoms with Crippen LogP contribution in [0.25, 0.3) is 0 Å². The van der Waals surface area contributed by atoms with Crippen molar-refractivity contribution < 1.29 is 0 Å². The van der Waals surface area contributed by atoms with Crippen LogP contribution in [-0.2, 0) is 0 Å². The minimum absolute atomic E-state index is 0.823. The Kier molecular flexibility index (Phi) is 4.58. The van der Waals surface area contributed by atoms with Crippen molar-refractivity contribution in [1.29, 1.82) is 0 Å². The number of nitrogens with one attached hydrogen (secondary N) is 1. The van der Waals surface area contributed by atoms with E-state index in [1.165, 1.54) is 0 Å². The van der Waals surface area contributed by atoms with Gasteiger partial charge in [-0.05, 0) is 13.0 Å². The van der Waals surface area contributed by atoms with Crippen molar-refractivity contribution in [2.75, 3.05) is 6.54 Å². The molecule has 2 heteroatoms. The van der Waals surface area contributed by atoms with Crippen LogP contribution in [0.3, 0.4) is 0 Å². The van der Waals surface area contributed by atoms with Crippen LogP contribution >= 0.6 is 0 Å². The maximum Gasteiger partial charge on any atom is 0.177 e. The van der Waals surface area contributed by atoms with Crippen molar-refractivity contribution in [3.05, 3.63) is 12.7 Å². The quantitative estimate of drug-likeness (QED) is 0.291. The number of rotatable bonds is 3. The number of hydrogen-bond acceptors (Lipinski definition) is 1. The molecule has 0 aromatic heterocycles. The average molecular weight is 80.9 g/mol. The maximum absolute atomic E-state index is 4.92. The van der Waals surface area contributed by atoms with Crippen molar-refractivity contribution >= 4 is 7.98 Å². The maximum atomic E-state index is 4.92. The zero-order valence-corrected chi connectivity index (χ0v) is 3.78. The second kappa shape index (κ2) is 4.76. The van der Waals surface area contributed by atoms with Crippen molar-refractivity contribution in [3.8, 4) is 0 Å². The van der Waals surface area contributed by atoms with Crippen LogP contribution in [0.4, 0.5) is 0 Å². The Balaban J connectivity index is 2.49. The molecular formula is C4H8BN. The molecule has 1 N–H and O–H groups in total. The van der Waals surface area contributed by atoms with Gasteiger partial charge in [-0.2, -0.15) is 0 Å². The third kappa shape index (κ3) is 3.76. The Hall–Kier alpha value is -0.235. The van der Waals surface area contributed by atoms with Gasteiger partial charge in [0, 0.05) is 0 Å². The highest BCUT2D eigenvalue weighted by Gasteiger charge is 1.68. The molecule has 0 heterocycles. The molecule has 0 atom stereocenters. The van der Waals surface area contributed by atoms with Gasteiger partial charge in [0.15, 0.2) is 7.98 Å². The Bertz CT molecular complexity index is 36.5. The molecule has 1 nitrogen and oxygen atoms in total. The topological polar surface area (TPSA) is 12.0 Å². The summed E-state index contributed by atoms with van der Waals surface area (Å²) < 4.78 is 0. The highest BCUT2D eigenvalue weighted by Crippen LogP contribution is 1.70. The van der Waals surface area contributed by atoms with Crippen molar-refractivity contribution in [2.24, 2.45) is 0 Å². The molecule has 0 saturated heterocycles. The Morgan fingerprint density at radius 1 is 1.83 bits per heavy atom. The summed E-state index contributed by atoms with van der Waals surface area (Å²) in [6.45, 7) is 4.33. The average Bonchev–Trinajstić information content (AvgIpc) is 1.61. The Morgan fingerprint density at radius 3 is 2.67 bits per heavy atom. The molecule has 6 heavy (non-hydrogen) atoms. The van der Waals surface area contributed by atoms with Crippen molar-refractivity contribution in [3.63, 3.8) is 0 Å². The van der Waals surface area contributed by atoms with Gasteiger partial charge in [-0.3, -0.25) is 0 Å². The van der Waals surface area contributed by atoms with Gasteiger partial charge in [0.1, 0.15) is 0 Å². The molecule has 0 fully saturated rings. The third-order valence-electron chi connectivity index (χ3n) is 0.493. The Morgan fingerprint density at radius 2 is 2.50 bits per heavy atom. The molecule has 0 aliphatic carbocycles. The fourth-order valence-corrected chi connectivity index (χ4v) is 0.185. The summed E-state index contributed by atoms with van der Waals surface area (Å²) in [5, 5.41) is 2.50. The molecule has 0 saturated carbocycles. The first-order valence-corrected chi connectivity index (χ1v) is 1.96. The van der Waals surface area contributed by atoms with Gasteiger partial charge in [0.05, 0.1) is 0 Å². The predicted molar refractivity (Wildman–Crippen MR) is 28.6 cm³/mol. The largest absolute Gasteiger partial charge is 0.366 e. The summed E-state index contributed by atoms with van der Waals surface area (Å²) in [6.07, 6.45) is 2.76. The van der Waals surface area contributed by atoms with Crippen LogP contribution < -0.4 is 5.23 Å². The minimum Gasteiger partial charge on any atom is -0.366 e. The lowest BCUT2D eigenvalue weighted by Crippen LogP contribution is -2.07. The predicted octanol–water partition coefficient (Wildman–Crippen LogP) is 0.236. The van der Waals surface area contributed by atoms with Gasteiger partial charge in [0.2, 0.25) is 0 Å². The molecular weight excluding hydrogens is 72.9 g/mol. The van der Waals surface area contributed by atoms with Gasteiger partial charge in [0.25, 0.3) is 0 Å². The second-order valence-corrected chi connectivity index (χ2v) is 1.03. The summed E-state index contributed by atoms with van der Waals surface area (Å²) in [5.74, 6) is 0. The molecule has 0 amide bonds. The molecule has 2 radical (unpaired) electrons. The van der Waals surface area contributed by atoms with E-state index in [0.717, 1.165) is 13.0 Å². The van der Waals surface area contributed by atoms with E-state index in [1.807, 2.05) is 6.08 Å². The molecule has 0 spiro atoms. The van der Waals surface area contributed by atoms with Crippen molar-refractivity contribution in [1.82, 2.24) is 5.23 Å². The number of hydrogen-bond donors (Lipinski definition) is 1. The van der Waals surface area contributed by atoms with Gasteiger partial charge >= 0.3 is 0 Å². The van der Waals surface area contributed by atoms with E-state index in [0.29, 0.717) is 0 Å². The third-order valence-corrected chi connectivity index (χ3v) is 0.493. The first-order chi connectivity index (χ1) is 2.91. The molecule has 32 valence electrons. The summed E-state index contributed by atoms with van der Waals surface area (Å²) in [5.41, 5.74) is 0. The normalized spacial score (nSPS) is 8.00. The van der Waals surface area contributed by atoms with Gasteiger partial charge in [-0.15, -0.1) is 6.58 Å². The monoisotopic (exact) mass is 81.1 g/mol. The highest BCUT2D eigenvalue weighted by molar-refractivity contribution is 6.04. The first-order valence-electron chi connectivity index (χ1n) is 1.96. The van der Waals surface area contributed by atoms with E-state index in [9.17, 15) is 0 Å². The lowest BCUT2D eigenvalue weighted by molar-refractivity contribution is 0.928. The first kappa shape index (κ1) is 5.76. The molecule has 0 bridgehead atoms. The molecule has 0 aliphatic heterocycles. The second-order valence-electron chi connectivity index (χ2n) is 1.03. The van der Waals surface area contributed by atoms with E-state index in [2.05, 4.69) is 11.8 Å². The van der Waals surface area contributed by atoms with Crippen molar-refractivity contribution in [2.45, 2.75) is 6.42 Å². The van der Waals surface area contributed by atoms with E-state index in [4.69, 9.17) is 7.98 Å². The SMILES string of the molecule is [B]NCCC=C. The molecule has 0 aromatic rings.